The van der Waals surface area contributed by atoms with E-state index in [2.05, 4.69) is 12.6 Å². The van der Waals surface area contributed by atoms with Crippen LogP contribution >= 0.6 is 12.6 Å². The Morgan fingerprint density at radius 3 is 1.47 bits per heavy atom. The van der Waals surface area contributed by atoms with E-state index >= 15 is 0 Å². The molecule has 114 valence electrons. The third kappa shape index (κ3) is 15.1. The van der Waals surface area contributed by atoms with Crippen molar-refractivity contribution in [2.75, 3.05) is 39.5 Å². The number of hydrogen-bond acceptors (Lipinski definition) is 7. The molecule has 0 saturated carbocycles. The highest BCUT2D eigenvalue weighted by molar-refractivity contribution is 7.81. The van der Waals surface area contributed by atoms with E-state index in [1.54, 1.807) is 4.90 Å². The van der Waals surface area contributed by atoms with Crippen LogP contribution in [0.3, 0.4) is 0 Å². The van der Waals surface area contributed by atoms with Gasteiger partial charge in [-0.2, -0.15) is 12.6 Å². The summed E-state index contributed by atoms with van der Waals surface area (Å²) >= 11 is 3.48. The van der Waals surface area contributed by atoms with Gasteiger partial charge in [0.25, 0.3) is 0 Å². The van der Waals surface area contributed by atoms with Gasteiger partial charge in [-0.3, -0.25) is 14.5 Å². The summed E-state index contributed by atoms with van der Waals surface area (Å²) in [4.78, 5) is 21.5. The number of rotatable bonds is 9. The molecule has 0 spiro atoms. The fraction of sp³-hybridized carbons (Fsp3) is 0.800. The number of nitrogens with zero attached hydrogens (tertiary/aromatic N) is 1. The van der Waals surface area contributed by atoms with Gasteiger partial charge in [0.05, 0.1) is 26.2 Å². The summed E-state index contributed by atoms with van der Waals surface area (Å²) in [6, 6.07) is 0. The first-order valence-electron chi connectivity index (χ1n) is 5.56. The largest absolute Gasteiger partial charge is 0.481 e. The van der Waals surface area contributed by atoms with Gasteiger partial charge in [-0.1, -0.05) is 0 Å². The Morgan fingerprint density at radius 1 is 0.947 bits per heavy atom. The van der Waals surface area contributed by atoms with Crippen molar-refractivity contribution in [2.24, 2.45) is 0 Å². The maximum atomic E-state index is 9.90. The van der Waals surface area contributed by atoms with E-state index in [4.69, 9.17) is 25.5 Å². The number of aliphatic carboxylic acids is 2. The third-order valence-corrected chi connectivity index (χ3v) is 2.31. The van der Waals surface area contributed by atoms with Gasteiger partial charge >= 0.3 is 11.9 Å². The molecule has 5 N–H and O–H groups in total. The molecule has 0 aliphatic heterocycles. The molecule has 19 heavy (non-hydrogen) atoms. The lowest BCUT2D eigenvalue weighted by Gasteiger charge is -2.17. The number of carboxylic acid groups (broad SMARTS) is 2. The minimum Gasteiger partial charge on any atom is -0.481 e. The Morgan fingerprint density at radius 2 is 1.32 bits per heavy atom. The molecule has 1 unspecified atom stereocenters. The van der Waals surface area contributed by atoms with Gasteiger partial charge < -0.3 is 25.5 Å². The quantitative estimate of drug-likeness (QED) is 0.272. The van der Waals surface area contributed by atoms with E-state index in [9.17, 15) is 9.59 Å². The van der Waals surface area contributed by atoms with Crippen LogP contribution in [0.15, 0.2) is 0 Å². The number of aliphatic hydroxyl groups excluding tert-OH is 3. The molecule has 0 fully saturated rings. The Balaban J connectivity index is 0. The zero-order chi connectivity index (χ0) is 15.3. The molecule has 1 atom stereocenters. The number of aliphatic hydroxyl groups is 3. The second-order valence-electron chi connectivity index (χ2n) is 3.46. The van der Waals surface area contributed by atoms with Crippen LogP contribution in [0.4, 0.5) is 0 Å². The summed E-state index contributed by atoms with van der Waals surface area (Å²) in [6.07, 6.45) is -0.446. The summed E-state index contributed by atoms with van der Waals surface area (Å²) in [7, 11) is 0. The standard InChI is InChI=1S/C6H15NO3.C4H6O4S/c8-4-1-7(2-5-9)3-6-10;5-3(6)1-2(9)4(7)8/h8-10H,1-6H2;2,9H,1H2,(H,5,6)(H,7,8). The van der Waals surface area contributed by atoms with Gasteiger partial charge in [-0.05, 0) is 0 Å². The van der Waals surface area contributed by atoms with E-state index < -0.39 is 23.6 Å². The second-order valence-corrected chi connectivity index (χ2v) is 4.09. The summed E-state index contributed by atoms with van der Waals surface area (Å²) in [5.74, 6) is -2.36. The maximum Gasteiger partial charge on any atom is 0.316 e. The van der Waals surface area contributed by atoms with Crippen molar-refractivity contribution in [2.45, 2.75) is 11.7 Å². The van der Waals surface area contributed by atoms with Gasteiger partial charge in [0.15, 0.2) is 0 Å². The Labute approximate surface area is 116 Å². The SMILES string of the molecule is O=C(O)CC(S)C(=O)O.OCCN(CCO)CCO. The topological polar surface area (TPSA) is 139 Å². The molecule has 0 aromatic carbocycles. The molecule has 0 saturated heterocycles. The zero-order valence-electron chi connectivity index (χ0n) is 10.5. The van der Waals surface area contributed by atoms with Gasteiger partial charge in [0, 0.05) is 19.6 Å². The summed E-state index contributed by atoms with van der Waals surface area (Å²) in [5, 5.41) is 40.5. The first-order chi connectivity index (χ1) is 8.88. The Bertz CT molecular complexity index is 238. The number of hydrogen-bond donors (Lipinski definition) is 6. The highest BCUT2D eigenvalue weighted by Gasteiger charge is 2.15. The van der Waals surface area contributed by atoms with Gasteiger partial charge in [-0.15, -0.1) is 0 Å². The maximum absolute atomic E-state index is 9.90. The Kier molecular flexibility index (Phi) is 14.6. The molecule has 0 bridgehead atoms. The molecule has 0 amide bonds. The van der Waals surface area contributed by atoms with Crippen LogP contribution in [-0.4, -0.2) is 87.1 Å². The summed E-state index contributed by atoms with van der Waals surface area (Å²) < 4.78 is 0. The second kappa shape index (κ2) is 13.6. The predicted molar refractivity (Wildman–Crippen MR) is 70.4 cm³/mol. The van der Waals surface area contributed by atoms with Gasteiger partial charge in [-0.25, -0.2) is 0 Å². The van der Waals surface area contributed by atoms with E-state index in [-0.39, 0.29) is 19.8 Å². The lowest BCUT2D eigenvalue weighted by atomic mass is 10.3. The van der Waals surface area contributed by atoms with Crippen molar-refractivity contribution in [1.82, 2.24) is 4.90 Å². The lowest BCUT2D eigenvalue weighted by Crippen LogP contribution is -2.32. The van der Waals surface area contributed by atoms with Crippen molar-refractivity contribution in [1.29, 1.82) is 0 Å². The molecule has 0 aliphatic rings. The lowest BCUT2D eigenvalue weighted by molar-refractivity contribution is -0.142. The van der Waals surface area contributed by atoms with Crippen molar-refractivity contribution < 1.29 is 35.1 Å². The molecule has 0 aromatic rings. The monoisotopic (exact) mass is 299 g/mol. The zero-order valence-corrected chi connectivity index (χ0v) is 11.4. The number of carboxylic acids is 2. The molecule has 9 heteroatoms. The Hall–Kier alpha value is -0.870. The molecular weight excluding hydrogens is 278 g/mol. The van der Waals surface area contributed by atoms with Crippen LogP contribution in [0.25, 0.3) is 0 Å². The van der Waals surface area contributed by atoms with Crippen molar-refractivity contribution >= 4 is 24.6 Å². The third-order valence-electron chi connectivity index (χ3n) is 1.90. The summed E-state index contributed by atoms with van der Waals surface area (Å²) in [6.45, 7) is 1.75. The molecule has 0 radical (unpaired) electrons. The molecular formula is C10H21NO7S. The first kappa shape index (κ1) is 20.4. The van der Waals surface area contributed by atoms with Gasteiger partial charge in [0.1, 0.15) is 5.25 Å². The van der Waals surface area contributed by atoms with E-state index in [1.165, 1.54) is 0 Å². The minimum atomic E-state index is -1.21. The van der Waals surface area contributed by atoms with Gasteiger partial charge in [0.2, 0.25) is 0 Å². The number of thiol groups is 1. The van der Waals surface area contributed by atoms with E-state index in [0.717, 1.165) is 0 Å². The van der Waals surface area contributed by atoms with Crippen LogP contribution in [0.1, 0.15) is 6.42 Å². The van der Waals surface area contributed by atoms with Crippen molar-refractivity contribution in [3.05, 3.63) is 0 Å². The fourth-order valence-electron chi connectivity index (χ4n) is 1.01. The number of carbonyl (C=O) groups is 2. The molecule has 0 aromatic heterocycles. The fourth-order valence-corrected chi connectivity index (χ4v) is 1.17. The van der Waals surface area contributed by atoms with Crippen LogP contribution in [0.5, 0.6) is 0 Å². The van der Waals surface area contributed by atoms with E-state index in [1.807, 2.05) is 0 Å². The highest BCUT2D eigenvalue weighted by Crippen LogP contribution is 1.99. The van der Waals surface area contributed by atoms with Crippen LogP contribution < -0.4 is 0 Å². The minimum absolute atomic E-state index is 0.0694. The van der Waals surface area contributed by atoms with Crippen molar-refractivity contribution in [3.8, 4) is 0 Å². The average molecular weight is 299 g/mol. The van der Waals surface area contributed by atoms with Crippen LogP contribution in [-0.2, 0) is 9.59 Å². The predicted octanol–water partition coefficient (Wildman–Crippen LogP) is -1.89. The average Bonchev–Trinajstić information content (AvgIpc) is 2.30. The van der Waals surface area contributed by atoms with Crippen LogP contribution in [0, 0.1) is 0 Å². The first-order valence-corrected chi connectivity index (χ1v) is 6.08. The van der Waals surface area contributed by atoms with E-state index in [0.29, 0.717) is 19.6 Å². The normalized spacial score (nSPS) is 11.6. The summed E-state index contributed by atoms with van der Waals surface area (Å²) in [5.41, 5.74) is 0. The van der Waals surface area contributed by atoms with Crippen molar-refractivity contribution in [3.63, 3.8) is 0 Å². The molecule has 8 nitrogen and oxygen atoms in total. The molecule has 0 heterocycles. The highest BCUT2D eigenvalue weighted by atomic mass is 32.1. The molecule has 0 rings (SSSR count). The smallest absolute Gasteiger partial charge is 0.316 e. The van der Waals surface area contributed by atoms with Crippen LogP contribution in [0.2, 0.25) is 0 Å². The molecule has 0 aliphatic carbocycles.